The Balaban J connectivity index is 2.09. The van der Waals surface area contributed by atoms with E-state index in [1.807, 2.05) is 68.4 Å². The van der Waals surface area contributed by atoms with E-state index in [0.29, 0.717) is 31.0 Å². The number of thioether (sulfide) groups is 1. The first-order chi connectivity index (χ1) is 13.5. The molecular weight excluding hydrogens is 392 g/mol. The summed E-state index contributed by atoms with van der Waals surface area (Å²) in [6.45, 7) is 4.89. The second-order valence-electron chi connectivity index (χ2n) is 6.38. The summed E-state index contributed by atoms with van der Waals surface area (Å²) in [7, 11) is 0. The third-order valence-corrected chi connectivity index (χ3v) is 5.65. The molecule has 6 heteroatoms. The normalized spacial score (nSPS) is 11.7. The van der Waals surface area contributed by atoms with Crippen molar-refractivity contribution in [1.29, 1.82) is 0 Å². The van der Waals surface area contributed by atoms with Crippen molar-refractivity contribution >= 4 is 35.2 Å². The van der Waals surface area contributed by atoms with Gasteiger partial charge in [0.25, 0.3) is 0 Å². The van der Waals surface area contributed by atoms with Gasteiger partial charge in [-0.1, -0.05) is 48.9 Å². The van der Waals surface area contributed by atoms with E-state index in [1.54, 1.807) is 4.90 Å². The van der Waals surface area contributed by atoms with Gasteiger partial charge in [0.15, 0.2) is 0 Å². The number of rotatable bonds is 10. The molecule has 0 fully saturated rings. The molecule has 0 aromatic heterocycles. The maximum atomic E-state index is 13.0. The molecule has 0 aliphatic carbocycles. The van der Waals surface area contributed by atoms with E-state index >= 15 is 0 Å². The van der Waals surface area contributed by atoms with Gasteiger partial charge in [-0.15, -0.1) is 11.8 Å². The van der Waals surface area contributed by atoms with Crippen LogP contribution in [0.1, 0.15) is 25.8 Å². The lowest BCUT2D eigenvalue weighted by Gasteiger charge is -2.30. The fourth-order valence-corrected chi connectivity index (χ4v) is 3.86. The fourth-order valence-electron chi connectivity index (χ4n) is 2.95. The number of nitrogens with zero attached hydrogens (tertiary/aromatic N) is 1. The number of hydrogen-bond donors (Lipinski definition) is 1. The molecule has 0 aliphatic heterocycles. The first-order valence-electron chi connectivity index (χ1n) is 9.54. The molecule has 1 N–H and O–H groups in total. The van der Waals surface area contributed by atoms with Crippen LogP contribution in [0.3, 0.4) is 0 Å². The van der Waals surface area contributed by atoms with Gasteiger partial charge in [-0.25, -0.2) is 0 Å². The first-order valence-corrected chi connectivity index (χ1v) is 10.9. The summed E-state index contributed by atoms with van der Waals surface area (Å²) in [5, 5.41) is 3.52. The molecule has 1 atom stereocenters. The Hall–Kier alpha value is -1.98. The highest BCUT2D eigenvalue weighted by Gasteiger charge is 2.27. The second kappa shape index (κ2) is 11.8. The highest BCUT2D eigenvalue weighted by atomic mass is 35.5. The van der Waals surface area contributed by atoms with Crippen LogP contribution in [0.25, 0.3) is 0 Å². The SMILES string of the molecule is CCNC(=O)[C@@H](CC)N(CCc1ccccc1)C(=O)CSc1ccc(Cl)cc1. The van der Waals surface area contributed by atoms with Crippen LogP contribution in [-0.2, 0) is 16.0 Å². The van der Waals surface area contributed by atoms with Crippen molar-refractivity contribution in [2.45, 2.75) is 37.6 Å². The average Bonchev–Trinajstić information content (AvgIpc) is 2.71. The van der Waals surface area contributed by atoms with Crippen molar-refractivity contribution in [3.05, 3.63) is 65.2 Å². The lowest BCUT2D eigenvalue weighted by molar-refractivity contribution is -0.138. The van der Waals surface area contributed by atoms with Gasteiger partial charge in [-0.2, -0.15) is 0 Å². The third kappa shape index (κ3) is 6.88. The number of amides is 2. The third-order valence-electron chi connectivity index (χ3n) is 4.40. The van der Waals surface area contributed by atoms with E-state index in [0.717, 1.165) is 10.5 Å². The quantitative estimate of drug-likeness (QED) is 0.581. The number of benzene rings is 2. The number of likely N-dealkylation sites (N-methyl/N-ethyl adjacent to an activating group) is 1. The van der Waals surface area contributed by atoms with E-state index in [1.165, 1.54) is 11.8 Å². The van der Waals surface area contributed by atoms with Gasteiger partial charge in [0.1, 0.15) is 6.04 Å². The van der Waals surface area contributed by atoms with Crippen LogP contribution in [0.2, 0.25) is 5.02 Å². The summed E-state index contributed by atoms with van der Waals surface area (Å²) in [6.07, 6.45) is 1.30. The molecule has 2 aromatic carbocycles. The molecule has 28 heavy (non-hydrogen) atoms. The van der Waals surface area contributed by atoms with Crippen molar-refractivity contribution in [3.8, 4) is 0 Å². The van der Waals surface area contributed by atoms with Gasteiger partial charge in [0, 0.05) is 23.0 Å². The number of carbonyl (C=O) groups excluding carboxylic acids is 2. The number of halogens is 1. The van der Waals surface area contributed by atoms with E-state index < -0.39 is 6.04 Å². The summed E-state index contributed by atoms with van der Waals surface area (Å²) in [5.74, 6) is 0.156. The zero-order valence-electron chi connectivity index (χ0n) is 16.4. The molecule has 0 heterocycles. The standard InChI is InChI=1S/C22H27ClN2O2S/c1-3-20(22(27)24-4-2)25(15-14-17-8-6-5-7-9-17)21(26)16-28-19-12-10-18(23)11-13-19/h5-13,20H,3-4,14-16H2,1-2H3,(H,24,27)/t20-/m1/s1. The summed E-state index contributed by atoms with van der Waals surface area (Å²) >= 11 is 7.38. The predicted octanol–water partition coefficient (Wildman–Crippen LogP) is 4.42. The monoisotopic (exact) mass is 418 g/mol. The first kappa shape index (κ1) is 22.3. The van der Waals surface area contributed by atoms with Crippen LogP contribution < -0.4 is 5.32 Å². The Morgan fingerprint density at radius 2 is 1.75 bits per heavy atom. The van der Waals surface area contributed by atoms with Crippen LogP contribution >= 0.6 is 23.4 Å². The Bertz CT molecular complexity index is 753. The minimum Gasteiger partial charge on any atom is -0.355 e. The molecule has 2 amide bonds. The van der Waals surface area contributed by atoms with Crippen LogP contribution in [0.15, 0.2) is 59.5 Å². The highest BCUT2D eigenvalue weighted by molar-refractivity contribution is 8.00. The van der Waals surface area contributed by atoms with Crippen LogP contribution in [-0.4, -0.2) is 41.6 Å². The highest BCUT2D eigenvalue weighted by Crippen LogP contribution is 2.21. The maximum Gasteiger partial charge on any atom is 0.242 e. The summed E-state index contributed by atoms with van der Waals surface area (Å²) in [5.41, 5.74) is 1.15. The van der Waals surface area contributed by atoms with Gasteiger partial charge < -0.3 is 10.2 Å². The summed E-state index contributed by atoms with van der Waals surface area (Å²) in [4.78, 5) is 28.2. The Labute approximate surface area is 176 Å². The molecule has 0 spiro atoms. The lowest BCUT2D eigenvalue weighted by Crippen LogP contribution is -2.50. The molecule has 0 saturated carbocycles. The molecule has 2 rings (SSSR count). The second-order valence-corrected chi connectivity index (χ2v) is 7.87. The van der Waals surface area contributed by atoms with Crippen LogP contribution in [0.4, 0.5) is 0 Å². The van der Waals surface area contributed by atoms with Crippen molar-refractivity contribution in [2.75, 3.05) is 18.8 Å². The molecule has 4 nitrogen and oxygen atoms in total. The maximum absolute atomic E-state index is 13.0. The number of hydrogen-bond acceptors (Lipinski definition) is 3. The zero-order valence-corrected chi connectivity index (χ0v) is 17.9. The molecule has 0 aliphatic rings. The smallest absolute Gasteiger partial charge is 0.242 e. The topological polar surface area (TPSA) is 49.4 Å². The van der Waals surface area contributed by atoms with Gasteiger partial charge in [-0.3, -0.25) is 9.59 Å². The number of carbonyl (C=O) groups is 2. The van der Waals surface area contributed by atoms with Crippen LogP contribution in [0, 0.1) is 0 Å². The van der Waals surface area contributed by atoms with Crippen molar-refractivity contribution in [3.63, 3.8) is 0 Å². The predicted molar refractivity (Wildman–Crippen MR) is 117 cm³/mol. The molecule has 0 bridgehead atoms. The summed E-state index contributed by atoms with van der Waals surface area (Å²) < 4.78 is 0. The van der Waals surface area contributed by atoms with Crippen molar-refractivity contribution in [1.82, 2.24) is 10.2 Å². The molecule has 0 saturated heterocycles. The van der Waals surface area contributed by atoms with Crippen molar-refractivity contribution < 1.29 is 9.59 Å². The Morgan fingerprint density at radius 3 is 2.36 bits per heavy atom. The summed E-state index contributed by atoms with van der Waals surface area (Å²) in [6, 6.07) is 17.0. The fraction of sp³-hybridized carbons (Fsp3) is 0.364. The van der Waals surface area contributed by atoms with Crippen molar-refractivity contribution in [2.24, 2.45) is 0 Å². The minimum absolute atomic E-state index is 0.0333. The molecule has 2 aromatic rings. The lowest BCUT2D eigenvalue weighted by atomic mass is 10.1. The number of nitrogens with one attached hydrogen (secondary N) is 1. The van der Waals surface area contributed by atoms with E-state index in [2.05, 4.69) is 5.32 Å². The molecule has 150 valence electrons. The minimum atomic E-state index is -0.456. The van der Waals surface area contributed by atoms with Gasteiger partial charge >= 0.3 is 0 Å². The Kier molecular flexibility index (Phi) is 9.38. The van der Waals surface area contributed by atoms with Gasteiger partial charge in [-0.05, 0) is 49.6 Å². The molecule has 0 unspecified atom stereocenters. The van der Waals surface area contributed by atoms with Crippen LogP contribution in [0.5, 0.6) is 0 Å². The van der Waals surface area contributed by atoms with E-state index in [9.17, 15) is 9.59 Å². The van der Waals surface area contributed by atoms with E-state index in [-0.39, 0.29) is 17.6 Å². The zero-order chi connectivity index (χ0) is 20.4. The van der Waals surface area contributed by atoms with Gasteiger partial charge in [0.2, 0.25) is 11.8 Å². The average molecular weight is 419 g/mol. The molecule has 0 radical (unpaired) electrons. The van der Waals surface area contributed by atoms with E-state index in [4.69, 9.17) is 11.6 Å². The Morgan fingerprint density at radius 1 is 1.07 bits per heavy atom. The largest absolute Gasteiger partial charge is 0.355 e. The van der Waals surface area contributed by atoms with Gasteiger partial charge in [0.05, 0.1) is 5.75 Å². The molecular formula is C22H27ClN2O2S.